The van der Waals surface area contributed by atoms with E-state index in [-0.39, 0.29) is 12.2 Å². The molecule has 0 amide bonds. The highest BCUT2D eigenvalue weighted by Gasteiger charge is 2.28. The van der Waals surface area contributed by atoms with E-state index in [4.69, 9.17) is 5.11 Å². The summed E-state index contributed by atoms with van der Waals surface area (Å²) in [4.78, 5) is 6.76. The van der Waals surface area contributed by atoms with Crippen LogP contribution in [0.4, 0.5) is 0 Å². The Hall–Kier alpha value is -1.76. The van der Waals surface area contributed by atoms with Crippen molar-refractivity contribution in [2.24, 2.45) is 0 Å². The van der Waals surface area contributed by atoms with Crippen molar-refractivity contribution < 1.29 is 5.11 Å². The molecule has 0 saturated carbocycles. The summed E-state index contributed by atoms with van der Waals surface area (Å²) in [5.41, 5.74) is 0.190. The largest absolute Gasteiger partial charge is 0.396 e. The van der Waals surface area contributed by atoms with Gasteiger partial charge in [-0.05, 0) is 39.2 Å². The second-order valence-corrected chi connectivity index (χ2v) is 6.35. The lowest BCUT2D eigenvalue weighted by Gasteiger charge is -2.26. The molecule has 0 bridgehead atoms. The van der Waals surface area contributed by atoms with Gasteiger partial charge >= 0.3 is 0 Å². The molecule has 23 heavy (non-hydrogen) atoms. The van der Waals surface area contributed by atoms with Gasteiger partial charge in [-0.2, -0.15) is 10.5 Å². The maximum absolute atomic E-state index is 9.24. The molecular formula is C17H27N5O. The Kier molecular flexibility index (Phi) is 6.70. The quantitative estimate of drug-likeness (QED) is 0.709. The van der Waals surface area contributed by atoms with Crippen molar-refractivity contribution >= 4 is 0 Å². The second-order valence-electron chi connectivity index (χ2n) is 6.35. The first-order valence-electron chi connectivity index (χ1n) is 8.60. The van der Waals surface area contributed by atoms with Gasteiger partial charge in [0.05, 0.1) is 0 Å². The van der Waals surface area contributed by atoms with Crippen LogP contribution in [0, 0.1) is 22.7 Å². The van der Waals surface area contributed by atoms with E-state index in [1.165, 1.54) is 19.4 Å². The molecule has 0 aromatic rings. The van der Waals surface area contributed by atoms with E-state index < -0.39 is 0 Å². The topological polar surface area (TPSA) is 77.5 Å². The van der Waals surface area contributed by atoms with Crippen LogP contribution in [0.1, 0.15) is 32.6 Å². The molecule has 0 aromatic carbocycles. The van der Waals surface area contributed by atoms with Gasteiger partial charge in [-0.3, -0.25) is 0 Å². The third-order valence-electron chi connectivity index (χ3n) is 4.84. The summed E-state index contributed by atoms with van der Waals surface area (Å²) < 4.78 is 0. The van der Waals surface area contributed by atoms with Crippen LogP contribution in [0.15, 0.2) is 11.4 Å². The normalized spacial score (nSPS) is 21.6. The van der Waals surface area contributed by atoms with E-state index in [9.17, 15) is 10.5 Å². The van der Waals surface area contributed by atoms with Gasteiger partial charge in [-0.1, -0.05) is 0 Å². The van der Waals surface area contributed by atoms with Crippen molar-refractivity contribution in [2.45, 2.75) is 38.6 Å². The number of likely N-dealkylation sites (tertiary alicyclic amines) is 1. The summed E-state index contributed by atoms with van der Waals surface area (Å²) in [5, 5.41) is 27.5. The van der Waals surface area contributed by atoms with Gasteiger partial charge in [-0.25, -0.2) is 0 Å². The first kappa shape index (κ1) is 17.6. The summed E-state index contributed by atoms with van der Waals surface area (Å²) in [7, 11) is 0. The number of nitrogens with zero attached hydrogens (tertiary/aromatic N) is 5. The molecule has 2 fully saturated rings. The summed E-state index contributed by atoms with van der Waals surface area (Å²) >= 11 is 0. The van der Waals surface area contributed by atoms with E-state index >= 15 is 0 Å². The number of hydrogen-bond acceptors (Lipinski definition) is 6. The zero-order chi connectivity index (χ0) is 16.7. The minimum absolute atomic E-state index is 0.130. The summed E-state index contributed by atoms with van der Waals surface area (Å²) in [5.74, 6) is 0.762. The van der Waals surface area contributed by atoms with Crippen LogP contribution in [0.3, 0.4) is 0 Å². The zero-order valence-corrected chi connectivity index (χ0v) is 14.0. The van der Waals surface area contributed by atoms with Crippen molar-refractivity contribution in [2.75, 3.05) is 45.9 Å². The molecule has 0 radical (unpaired) electrons. The minimum atomic E-state index is 0.130. The number of hydrogen-bond donors (Lipinski definition) is 1. The smallest absolute Gasteiger partial charge is 0.169 e. The zero-order valence-electron chi connectivity index (χ0n) is 14.0. The molecule has 2 rings (SSSR count). The standard InChI is InChI=1S/C17H27N5O/c1-15-5-2-6-20(15)7-3-8-21-10-11-22(9-4-12-23)17(21)16(13-18)14-19/h15,23H,2-12H2,1H3/t15-/m1/s1. The minimum Gasteiger partial charge on any atom is -0.396 e. The Morgan fingerprint density at radius 2 is 1.74 bits per heavy atom. The predicted molar refractivity (Wildman–Crippen MR) is 88.0 cm³/mol. The molecule has 2 aliphatic heterocycles. The van der Waals surface area contributed by atoms with Crippen molar-refractivity contribution in [1.29, 1.82) is 10.5 Å². The lowest BCUT2D eigenvalue weighted by Crippen LogP contribution is -2.31. The van der Waals surface area contributed by atoms with Crippen LogP contribution >= 0.6 is 0 Å². The number of nitriles is 2. The highest BCUT2D eigenvalue weighted by molar-refractivity contribution is 5.40. The number of rotatable bonds is 7. The summed E-state index contributed by atoms with van der Waals surface area (Å²) in [6, 6.07) is 4.74. The Morgan fingerprint density at radius 1 is 1.09 bits per heavy atom. The van der Waals surface area contributed by atoms with Gasteiger partial charge in [0.1, 0.15) is 18.0 Å². The van der Waals surface area contributed by atoms with Crippen LogP contribution in [-0.2, 0) is 0 Å². The van der Waals surface area contributed by atoms with Crippen LogP contribution in [0.2, 0.25) is 0 Å². The molecule has 1 atom stereocenters. The molecule has 1 N–H and O–H groups in total. The highest BCUT2D eigenvalue weighted by atomic mass is 16.3. The third kappa shape index (κ3) is 4.37. The van der Waals surface area contributed by atoms with Crippen LogP contribution in [0.5, 0.6) is 0 Å². The van der Waals surface area contributed by atoms with Crippen molar-refractivity contribution in [3.05, 3.63) is 11.4 Å². The molecule has 126 valence electrons. The van der Waals surface area contributed by atoms with Gasteiger partial charge < -0.3 is 19.8 Å². The van der Waals surface area contributed by atoms with Gasteiger partial charge in [-0.15, -0.1) is 0 Å². The SMILES string of the molecule is C[C@@H]1CCCN1CCCN1CCN(CCCO)C1=C(C#N)C#N. The lowest BCUT2D eigenvalue weighted by molar-refractivity contribution is 0.239. The molecule has 0 aromatic heterocycles. The third-order valence-corrected chi connectivity index (χ3v) is 4.84. The van der Waals surface area contributed by atoms with Crippen molar-refractivity contribution in [3.8, 4) is 12.1 Å². The summed E-state index contributed by atoms with van der Waals surface area (Å²) in [6.45, 7) is 7.92. The van der Waals surface area contributed by atoms with E-state index in [0.717, 1.165) is 38.4 Å². The Labute approximate surface area is 139 Å². The molecule has 0 spiro atoms. The fourth-order valence-corrected chi connectivity index (χ4v) is 3.58. The van der Waals surface area contributed by atoms with Crippen LogP contribution < -0.4 is 0 Å². The summed E-state index contributed by atoms with van der Waals surface area (Å²) in [6.07, 6.45) is 4.29. The Balaban J connectivity index is 1.95. The van der Waals surface area contributed by atoms with Crippen molar-refractivity contribution in [3.63, 3.8) is 0 Å². The average Bonchev–Trinajstić information content (AvgIpc) is 3.14. The monoisotopic (exact) mass is 317 g/mol. The van der Waals surface area contributed by atoms with Crippen LogP contribution in [0.25, 0.3) is 0 Å². The number of aliphatic hydroxyl groups excluding tert-OH is 1. The lowest BCUT2D eigenvalue weighted by atomic mass is 10.2. The Bertz CT molecular complexity index is 488. The maximum Gasteiger partial charge on any atom is 0.169 e. The number of aliphatic hydroxyl groups is 1. The molecule has 0 unspecified atom stereocenters. The predicted octanol–water partition coefficient (Wildman–Crippen LogP) is 1.12. The van der Waals surface area contributed by atoms with Crippen molar-refractivity contribution in [1.82, 2.24) is 14.7 Å². The molecule has 2 heterocycles. The van der Waals surface area contributed by atoms with E-state index in [2.05, 4.69) is 21.6 Å². The molecule has 2 aliphatic rings. The maximum atomic E-state index is 9.24. The Morgan fingerprint density at radius 3 is 2.26 bits per heavy atom. The molecule has 6 heteroatoms. The second kappa shape index (κ2) is 8.76. The first-order valence-corrected chi connectivity index (χ1v) is 8.60. The van der Waals surface area contributed by atoms with E-state index in [1.54, 1.807) is 0 Å². The molecule has 2 saturated heterocycles. The van der Waals surface area contributed by atoms with Gasteiger partial charge in [0, 0.05) is 45.4 Å². The van der Waals surface area contributed by atoms with E-state index in [1.807, 2.05) is 12.1 Å². The highest BCUT2D eigenvalue weighted by Crippen LogP contribution is 2.23. The first-order chi connectivity index (χ1) is 11.2. The van der Waals surface area contributed by atoms with E-state index in [0.29, 0.717) is 19.0 Å². The molecule has 6 nitrogen and oxygen atoms in total. The molecular weight excluding hydrogens is 290 g/mol. The van der Waals surface area contributed by atoms with Gasteiger partial charge in [0.25, 0.3) is 0 Å². The fraction of sp³-hybridized carbons (Fsp3) is 0.765. The average molecular weight is 317 g/mol. The fourth-order valence-electron chi connectivity index (χ4n) is 3.58. The van der Waals surface area contributed by atoms with Gasteiger partial charge in [0.2, 0.25) is 0 Å². The number of allylic oxidation sites excluding steroid dienone is 1. The van der Waals surface area contributed by atoms with Gasteiger partial charge in [0.15, 0.2) is 5.57 Å². The van der Waals surface area contributed by atoms with Crippen LogP contribution in [-0.4, -0.2) is 71.7 Å². The molecule has 0 aliphatic carbocycles.